The first-order valence-electron chi connectivity index (χ1n) is 4.18. The van der Waals surface area contributed by atoms with Crippen molar-refractivity contribution in [2.24, 2.45) is 0 Å². The average molecular weight is 213 g/mol. The molecule has 13 heavy (non-hydrogen) atoms. The molecule has 1 atom stereocenters. The van der Waals surface area contributed by atoms with E-state index in [0.29, 0.717) is 17.4 Å². The Balaban J connectivity index is 2.20. The summed E-state index contributed by atoms with van der Waals surface area (Å²) in [6.07, 6.45) is 2.97. The number of carbonyl (C=O) groups excluding carboxylic acids is 1. The normalized spacial score (nSPS) is 23.0. The maximum Gasteiger partial charge on any atom is 0.157 e. The van der Waals surface area contributed by atoms with E-state index < -0.39 is 0 Å². The molecule has 0 radical (unpaired) electrons. The van der Waals surface area contributed by atoms with Crippen molar-refractivity contribution in [2.75, 3.05) is 0 Å². The van der Waals surface area contributed by atoms with Crippen molar-refractivity contribution < 1.29 is 4.79 Å². The van der Waals surface area contributed by atoms with Crippen LogP contribution in [0.2, 0.25) is 0 Å². The van der Waals surface area contributed by atoms with E-state index in [9.17, 15) is 4.79 Å². The Bertz CT molecular complexity index is 340. The van der Waals surface area contributed by atoms with Gasteiger partial charge in [0.15, 0.2) is 5.78 Å². The van der Waals surface area contributed by atoms with Crippen LogP contribution in [0.3, 0.4) is 0 Å². The van der Waals surface area contributed by atoms with Gasteiger partial charge in [-0.3, -0.25) is 4.79 Å². The highest BCUT2D eigenvalue weighted by atomic mass is 35.5. The smallest absolute Gasteiger partial charge is 0.157 e. The minimum Gasteiger partial charge on any atom is -0.295 e. The second-order valence-corrected chi connectivity index (χ2v) is 4.64. The molecule has 1 nitrogen and oxygen atoms in total. The van der Waals surface area contributed by atoms with E-state index in [4.69, 9.17) is 11.6 Å². The molecular weight excluding hydrogens is 204 g/mol. The van der Waals surface area contributed by atoms with Gasteiger partial charge < -0.3 is 0 Å². The first-order valence-corrected chi connectivity index (χ1v) is 5.44. The number of halogens is 1. The molecule has 1 aromatic heterocycles. The number of hydrogen-bond acceptors (Lipinski definition) is 2. The van der Waals surface area contributed by atoms with Crippen molar-refractivity contribution in [3.8, 4) is 0 Å². The largest absolute Gasteiger partial charge is 0.295 e. The van der Waals surface area contributed by atoms with Crippen molar-refractivity contribution in [2.45, 2.75) is 18.8 Å². The Kier molecular flexibility index (Phi) is 2.51. The van der Waals surface area contributed by atoms with E-state index in [0.717, 1.165) is 6.42 Å². The van der Waals surface area contributed by atoms with Gasteiger partial charge in [-0.15, -0.1) is 11.3 Å². The maximum absolute atomic E-state index is 11.2. The molecule has 0 aromatic carbocycles. The van der Waals surface area contributed by atoms with Gasteiger partial charge in [0.25, 0.3) is 0 Å². The van der Waals surface area contributed by atoms with E-state index in [-0.39, 0.29) is 5.78 Å². The Morgan fingerprint density at radius 1 is 1.46 bits per heavy atom. The second-order valence-electron chi connectivity index (χ2n) is 3.18. The molecule has 0 spiro atoms. The van der Waals surface area contributed by atoms with Gasteiger partial charge in [0, 0.05) is 22.2 Å². The van der Waals surface area contributed by atoms with Crippen LogP contribution in [0.15, 0.2) is 28.6 Å². The van der Waals surface area contributed by atoms with Crippen LogP contribution >= 0.6 is 22.9 Å². The monoisotopic (exact) mass is 212 g/mol. The van der Waals surface area contributed by atoms with Crippen LogP contribution in [-0.4, -0.2) is 5.78 Å². The highest BCUT2D eigenvalue weighted by Gasteiger charge is 2.21. The third-order valence-corrected chi connectivity index (χ3v) is 3.45. The highest BCUT2D eigenvalue weighted by molar-refractivity contribution is 7.10. The van der Waals surface area contributed by atoms with Crippen LogP contribution < -0.4 is 0 Å². The van der Waals surface area contributed by atoms with Gasteiger partial charge in [-0.1, -0.05) is 17.7 Å². The van der Waals surface area contributed by atoms with Crippen molar-refractivity contribution in [3.05, 3.63) is 33.5 Å². The summed E-state index contributed by atoms with van der Waals surface area (Å²) in [4.78, 5) is 12.5. The number of ketones is 1. The fourth-order valence-corrected chi connectivity index (χ4v) is 2.71. The number of allylic oxidation sites excluding steroid dienone is 2. The molecule has 68 valence electrons. The zero-order chi connectivity index (χ0) is 9.26. The molecule has 3 heteroatoms. The van der Waals surface area contributed by atoms with Crippen molar-refractivity contribution in [1.29, 1.82) is 0 Å². The molecule has 0 aliphatic heterocycles. The van der Waals surface area contributed by atoms with E-state index >= 15 is 0 Å². The standard InChI is InChI=1S/C10H9ClOS/c11-8-4-7(5-9(12)6-8)10-2-1-3-13-10/h1-3,6-7H,4-5H2. The van der Waals surface area contributed by atoms with Crippen molar-refractivity contribution >= 4 is 28.7 Å². The van der Waals surface area contributed by atoms with Gasteiger partial charge in [-0.05, 0) is 23.9 Å². The number of rotatable bonds is 1. The van der Waals surface area contributed by atoms with E-state index in [1.807, 2.05) is 11.4 Å². The summed E-state index contributed by atoms with van der Waals surface area (Å²) in [5.41, 5.74) is 0. The highest BCUT2D eigenvalue weighted by Crippen LogP contribution is 2.34. The number of thiophene rings is 1. The van der Waals surface area contributed by atoms with Crippen LogP contribution in [-0.2, 0) is 4.79 Å². The second kappa shape index (κ2) is 3.64. The van der Waals surface area contributed by atoms with Gasteiger partial charge in [-0.2, -0.15) is 0 Å². The third kappa shape index (κ3) is 2.01. The molecule has 1 aliphatic carbocycles. The summed E-state index contributed by atoms with van der Waals surface area (Å²) in [7, 11) is 0. The minimum atomic E-state index is 0.148. The van der Waals surface area contributed by atoms with E-state index in [2.05, 4.69) is 6.07 Å². The van der Waals surface area contributed by atoms with Gasteiger partial charge in [-0.25, -0.2) is 0 Å². The molecule has 1 aliphatic rings. The molecule has 0 amide bonds. The predicted molar refractivity (Wildman–Crippen MR) is 55.2 cm³/mol. The van der Waals surface area contributed by atoms with Crippen LogP contribution in [0, 0.1) is 0 Å². The number of carbonyl (C=O) groups is 1. The zero-order valence-electron chi connectivity index (χ0n) is 7.00. The summed E-state index contributed by atoms with van der Waals surface area (Å²) in [6, 6.07) is 4.08. The lowest BCUT2D eigenvalue weighted by atomic mass is 9.92. The Morgan fingerprint density at radius 2 is 2.31 bits per heavy atom. The molecule has 0 saturated heterocycles. The lowest BCUT2D eigenvalue weighted by Crippen LogP contribution is -2.09. The van der Waals surface area contributed by atoms with Gasteiger partial charge in [0.1, 0.15) is 0 Å². The van der Waals surface area contributed by atoms with Crippen molar-refractivity contribution in [3.63, 3.8) is 0 Å². The molecule has 0 bridgehead atoms. The van der Waals surface area contributed by atoms with Crippen LogP contribution in [0.5, 0.6) is 0 Å². The minimum absolute atomic E-state index is 0.148. The van der Waals surface area contributed by atoms with E-state index in [1.54, 1.807) is 17.4 Å². The van der Waals surface area contributed by atoms with Gasteiger partial charge in [0.2, 0.25) is 0 Å². The molecule has 2 rings (SSSR count). The molecule has 1 unspecified atom stereocenters. The predicted octanol–water partition coefficient (Wildman–Crippen LogP) is 3.32. The molecular formula is C10H9ClOS. The maximum atomic E-state index is 11.2. The lowest BCUT2D eigenvalue weighted by Gasteiger charge is -2.17. The Labute approximate surface area is 86.0 Å². The van der Waals surface area contributed by atoms with Gasteiger partial charge >= 0.3 is 0 Å². The first-order chi connectivity index (χ1) is 6.25. The summed E-state index contributed by atoms with van der Waals surface area (Å²) >= 11 is 7.56. The summed E-state index contributed by atoms with van der Waals surface area (Å²) in [5, 5.41) is 2.72. The van der Waals surface area contributed by atoms with Crippen LogP contribution in [0.4, 0.5) is 0 Å². The topological polar surface area (TPSA) is 17.1 Å². The quantitative estimate of drug-likeness (QED) is 0.698. The van der Waals surface area contributed by atoms with E-state index in [1.165, 1.54) is 4.88 Å². The van der Waals surface area contributed by atoms with Crippen molar-refractivity contribution in [1.82, 2.24) is 0 Å². The van der Waals surface area contributed by atoms with Crippen LogP contribution in [0.1, 0.15) is 23.6 Å². The summed E-state index contributed by atoms with van der Waals surface area (Å²) in [5.74, 6) is 0.458. The molecule has 0 N–H and O–H groups in total. The summed E-state index contributed by atoms with van der Waals surface area (Å²) in [6.45, 7) is 0. The fourth-order valence-electron chi connectivity index (χ4n) is 1.57. The Morgan fingerprint density at radius 3 is 2.92 bits per heavy atom. The third-order valence-electron chi connectivity index (χ3n) is 2.15. The number of hydrogen-bond donors (Lipinski definition) is 0. The lowest BCUT2D eigenvalue weighted by molar-refractivity contribution is -0.115. The van der Waals surface area contributed by atoms with Crippen LogP contribution in [0.25, 0.3) is 0 Å². The zero-order valence-corrected chi connectivity index (χ0v) is 8.57. The summed E-state index contributed by atoms with van der Waals surface area (Å²) < 4.78 is 0. The first kappa shape index (κ1) is 8.97. The Hall–Kier alpha value is -0.600. The fraction of sp³-hybridized carbons (Fsp3) is 0.300. The average Bonchev–Trinajstić information content (AvgIpc) is 2.53. The molecule has 1 aromatic rings. The molecule has 0 fully saturated rings. The molecule has 1 heterocycles. The SMILES string of the molecule is O=C1C=C(Cl)CC(c2cccs2)C1. The van der Waals surface area contributed by atoms with Gasteiger partial charge in [0.05, 0.1) is 0 Å². The molecule has 0 saturated carbocycles.